The molecule has 0 aromatic heterocycles. The third-order valence-corrected chi connectivity index (χ3v) is 2.05. The van der Waals surface area contributed by atoms with Gasteiger partial charge in [-0.1, -0.05) is 21.1 Å². The predicted octanol–water partition coefficient (Wildman–Crippen LogP) is 3.33. The highest BCUT2D eigenvalue weighted by molar-refractivity contribution is 9.10. The standard InChI is InChI=1S/C8H4BrF4NO/c9-4-1-2-5(6(10)3-4)7(14-15)8(11,12)13/h1-3,15H/b14-7-. The highest BCUT2D eigenvalue weighted by Crippen LogP contribution is 2.25. The van der Waals surface area contributed by atoms with Crippen LogP contribution in [0.5, 0.6) is 0 Å². The molecule has 0 aliphatic heterocycles. The summed E-state index contributed by atoms with van der Waals surface area (Å²) in [4.78, 5) is 0. The van der Waals surface area contributed by atoms with Crippen LogP contribution in [0.1, 0.15) is 5.56 Å². The lowest BCUT2D eigenvalue weighted by Gasteiger charge is -2.09. The molecule has 0 heterocycles. The summed E-state index contributed by atoms with van der Waals surface area (Å²) in [5.74, 6) is -1.12. The molecule has 15 heavy (non-hydrogen) atoms. The van der Waals surface area contributed by atoms with E-state index in [1.54, 1.807) is 0 Å². The zero-order valence-electron chi connectivity index (χ0n) is 7.02. The highest BCUT2D eigenvalue weighted by Gasteiger charge is 2.39. The fourth-order valence-corrected chi connectivity index (χ4v) is 1.28. The van der Waals surface area contributed by atoms with E-state index in [-0.39, 0.29) is 0 Å². The average Bonchev–Trinajstić information content (AvgIpc) is 2.07. The fraction of sp³-hybridized carbons (Fsp3) is 0.125. The van der Waals surface area contributed by atoms with E-state index in [0.717, 1.165) is 12.1 Å². The Labute approximate surface area is 90.3 Å². The summed E-state index contributed by atoms with van der Waals surface area (Å²) in [6.45, 7) is 0. The smallest absolute Gasteiger partial charge is 0.410 e. The Morgan fingerprint density at radius 3 is 2.33 bits per heavy atom. The van der Waals surface area contributed by atoms with Crippen molar-refractivity contribution in [2.24, 2.45) is 5.16 Å². The first-order valence-electron chi connectivity index (χ1n) is 3.61. The van der Waals surface area contributed by atoms with Gasteiger partial charge in [-0.05, 0) is 18.2 Å². The summed E-state index contributed by atoms with van der Waals surface area (Å²) in [5.41, 5.74) is -2.46. The zero-order valence-corrected chi connectivity index (χ0v) is 8.60. The minimum absolute atomic E-state index is 0.295. The first-order chi connectivity index (χ1) is 6.86. The Kier molecular flexibility index (Phi) is 3.33. The molecule has 0 bridgehead atoms. The van der Waals surface area contributed by atoms with Gasteiger partial charge < -0.3 is 5.21 Å². The van der Waals surface area contributed by atoms with Crippen LogP contribution in [0, 0.1) is 5.82 Å². The zero-order chi connectivity index (χ0) is 11.6. The highest BCUT2D eigenvalue weighted by atomic mass is 79.9. The first-order valence-corrected chi connectivity index (χ1v) is 4.40. The van der Waals surface area contributed by atoms with E-state index in [1.165, 1.54) is 6.07 Å². The molecule has 1 N–H and O–H groups in total. The van der Waals surface area contributed by atoms with Crippen LogP contribution in [0.2, 0.25) is 0 Å². The fourth-order valence-electron chi connectivity index (χ4n) is 0.945. The molecule has 0 unspecified atom stereocenters. The molecule has 7 heteroatoms. The molecule has 0 aliphatic carbocycles. The SMILES string of the molecule is O/N=C(/c1ccc(Br)cc1F)C(F)(F)F. The van der Waals surface area contributed by atoms with Crippen molar-refractivity contribution in [1.29, 1.82) is 0 Å². The van der Waals surface area contributed by atoms with Crippen molar-refractivity contribution in [3.8, 4) is 0 Å². The number of hydrogen-bond acceptors (Lipinski definition) is 2. The third kappa shape index (κ3) is 2.68. The molecule has 1 rings (SSSR count). The van der Waals surface area contributed by atoms with Gasteiger partial charge in [-0.15, -0.1) is 0 Å². The number of hydrogen-bond donors (Lipinski definition) is 1. The summed E-state index contributed by atoms with van der Waals surface area (Å²) >= 11 is 2.89. The average molecular weight is 286 g/mol. The maximum Gasteiger partial charge on any atom is 0.437 e. The molecule has 0 spiro atoms. The lowest BCUT2D eigenvalue weighted by molar-refractivity contribution is -0.0602. The van der Waals surface area contributed by atoms with Gasteiger partial charge in [0.15, 0.2) is 5.71 Å². The van der Waals surface area contributed by atoms with Crippen LogP contribution in [-0.2, 0) is 0 Å². The molecule has 0 saturated heterocycles. The van der Waals surface area contributed by atoms with Crippen LogP contribution in [0.15, 0.2) is 27.8 Å². The van der Waals surface area contributed by atoms with Crippen molar-refractivity contribution in [1.82, 2.24) is 0 Å². The molecule has 0 amide bonds. The first kappa shape index (κ1) is 12.0. The molecule has 0 saturated carbocycles. The second-order valence-electron chi connectivity index (χ2n) is 2.57. The predicted molar refractivity (Wildman–Crippen MR) is 48.5 cm³/mol. The Balaban J connectivity index is 3.27. The van der Waals surface area contributed by atoms with Gasteiger partial charge in [0.2, 0.25) is 0 Å². The maximum absolute atomic E-state index is 13.1. The maximum atomic E-state index is 13.1. The largest absolute Gasteiger partial charge is 0.437 e. The van der Waals surface area contributed by atoms with Crippen LogP contribution < -0.4 is 0 Å². The van der Waals surface area contributed by atoms with E-state index >= 15 is 0 Å². The number of oxime groups is 1. The van der Waals surface area contributed by atoms with Crippen molar-refractivity contribution < 1.29 is 22.8 Å². The Bertz CT molecular complexity index is 402. The summed E-state index contributed by atoms with van der Waals surface area (Å²) in [7, 11) is 0. The van der Waals surface area contributed by atoms with Gasteiger partial charge >= 0.3 is 6.18 Å². The normalized spacial score (nSPS) is 13.0. The lowest BCUT2D eigenvalue weighted by atomic mass is 10.1. The van der Waals surface area contributed by atoms with Gasteiger partial charge in [-0.25, -0.2) is 4.39 Å². The molecular formula is C8H4BrF4NO. The molecule has 82 valence electrons. The van der Waals surface area contributed by atoms with Crippen molar-refractivity contribution >= 4 is 21.6 Å². The number of rotatable bonds is 1. The van der Waals surface area contributed by atoms with Crippen LogP contribution in [0.25, 0.3) is 0 Å². The summed E-state index contributed by atoms with van der Waals surface area (Å²) in [5, 5.41) is 10.3. The van der Waals surface area contributed by atoms with Crippen molar-refractivity contribution in [2.75, 3.05) is 0 Å². The van der Waals surface area contributed by atoms with E-state index in [1.807, 2.05) is 0 Å². The van der Waals surface area contributed by atoms with Gasteiger partial charge in [0, 0.05) is 10.0 Å². The topological polar surface area (TPSA) is 32.6 Å². The van der Waals surface area contributed by atoms with Crippen LogP contribution in [0.3, 0.4) is 0 Å². The van der Waals surface area contributed by atoms with Gasteiger partial charge in [0.1, 0.15) is 5.82 Å². The van der Waals surface area contributed by atoms with Crippen molar-refractivity contribution in [3.05, 3.63) is 34.1 Å². The molecule has 0 fully saturated rings. The monoisotopic (exact) mass is 285 g/mol. The van der Waals surface area contributed by atoms with Gasteiger partial charge in [-0.3, -0.25) is 0 Å². The van der Waals surface area contributed by atoms with E-state index in [4.69, 9.17) is 5.21 Å². The van der Waals surface area contributed by atoms with E-state index < -0.39 is 23.3 Å². The van der Waals surface area contributed by atoms with Gasteiger partial charge in [0.05, 0.1) is 0 Å². The number of alkyl halides is 3. The van der Waals surface area contributed by atoms with E-state index in [9.17, 15) is 17.6 Å². The molecule has 0 atom stereocenters. The molecule has 1 aromatic carbocycles. The molecule has 0 radical (unpaired) electrons. The molecule has 1 aromatic rings. The Morgan fingerprint density at radius 1 is 1.33 bits per heavy atom. The van der Waals surface area contributed by atoms with Crippen LogP contribution in [-0.4, -0.2) is 17.1 Å². The van der Waals surface area contributed by atoms with Crippen molar-refractivity contribution in [3.63, 3.8) is 0 Å². The van der Waals surface area contributed by atoms with Gasteiger partial charge in [0.25, 0.3) is 0 Å². The molecule has 2 nitrogen and oxygen atoms in total. The van der Waals surface area contributed by atoms with Gasteiger partial charge in [-0.2, -0.15) is 13.2 Å². The quantitative estimate of drug-likeness (QED) is 0.365. The second-order valence-corrected chi connectivity index (χ2v) is 3.49. The lowest BCUT2D eigenvalue weighted by Crippen LogP contribution is -2.25. The summed E-state index contributed by atoms with van der Waals surface area (Å²) in [6.07, 6.45) is -4.90. The number of benzene rings is 1. The summed E-state index contributed by atoms with van der Waals surface area (Å²) < 4.78 is 50.0. The number of nitrogens with zero attached hydrogens (tertiary/aromatic N) is 1. The molecular weight excluding hydrogens is 282 g/mol. The van der Waals surface area contributed by atoms with E-state index in [2.05, 4.69) is 21.1 Å². The third-order valence-electron chi connectivity index (χ3n) is 1.55. The molecule has 0 aliphatic rings. The van der Waals surface area contributed by atoms with Crippen LogP contribution >= 0.6 is 15.9 Å². The Morgan fingerprint density at radius 2 is 1.93 bits per heavy atom. The minimum Gasteiger partial charge on any atom is -0.410 e. The van der Waals surface area contributed by atoms with Crippen molar-refractivity contribution in [2.45, 2.75) is 6.18 Å². The Hall–Kier alpha value is -1.11. The summed E-state index contributed by atoms with van der Waals surface area (Å²) in [6, 6.07) is 2.95. The second kappa shape index (κ2) is 4.18. The van der Waals surface area contributed by atoms with E-state index in [0.29, 0.717) is 4.47 Å². The number of halogens is 5. The van der Waals surface area contributed by atoms with Crippen LogP contribution in [0.4, 0.5) is 17.6 Å². The minimum atomic E-state index is -4.90.